The summed E-state index contributed by atoms with van der Waals surface area (Å²) in [7, 11) is 1.57. The number of rotatable bonds is 5. The van der Waals surface area contributed by atoms with Gasteiger partial charge >= 0.3 is 6.01 Å². The maximum Gasteiger partial charge on any atom is 0.319 e. The normalized spacial score (nSPS) is 12.4. The van der Waals surface area contributed by atoms with Gasteiger partial charge in [-0.25, -0.2) is 9.37 Å². The number of hydrogen-bond acceptors (Lipinski definition) is 4. The smallest absolute Gasteiger partial charge is 0.319 e. The third kappa shape index (κ3) is 3.75. The van der Waals surface area contributed by atoms with Crippen molar-refractivity contribution in [1.82, 2.24) is 9.97 Å². The Kier molecular flexibility index (Phi) is 4.81. The largest absolute Gasteiger partial charge is 0.456 e. The topological polar surface area (TPSA) is 59.4 Å². The average molecular weight is 288 g/mol. The summed E-state index contributed by atoms with van der Waals surface area (Å²) >= 11 is 0. The van der Waals surface area contributed by atoms with Crippen molar-refractivity contribution < 1.29 is 9.13 Å². The number of benzene rings is 1. The summed E-state index contributed by atoms with van der Waals surface area (Å²) in [6, 6.07) is 8.00. The quantitative estimate of drug-likeness (QED) is 0.678. The van der Waals surface area contributed by atoms with E-state index in [1.54, 1.807) is 7.05 Å². The minimum atomic E-state index is -0.564. The Hall–Kier alpha value is -2.50. The molecule has 110 valence electrons. The van der Waals surface area contributed by atoms with E-state index in [0.717, 1.165) is 17.3 Å². The molecule has 1 atom stereocenters. The van der Waals surface area contributed by atoms with Crippen molar-refractivity contribution >= 4 is 12.2 Å². The van der Waals surface area contributed by atoms with Gasteiger partial charge in [0, 0.05) is 7.05 Å². The summed E-state index contributed by atoms with van der Waals surface area (Å²) < 4.78 is 19.2. The van der Waals surface area contributed by atoms with Gasteiger partial charge in [-0.15, -0.1) is 0 Å². The van der Waals surface area contributed by atoms with E-state index in [-0.39, 0.29) is 17.9 Å². The molecular formula is C15H17FN4O. The van der Waals surface area contributed by atoms with Crippen LogP contribution in [0.25, 0.3) is 0 Å². The first-order valence-corrected chi connectivity index (χ1v) is 6.53. The summed E-state index contributed by atoms with van der Waals surface area (Å²) in [6.07, 6.45) is 2.18. The van der Waals surface area contributed by atoms with Crippen molar-refractivity contribution in [1.29, 1.82) is 0 Å². The Balaban J connectivity index is 2.18. The number of aliphatic imine (C=N–C) groups is 1. The lowest BCUT2D eigenvalue weighted by atomic mass is 10.1. The highest BCUT2D eigenvalue weighted by Crippen LogP contribution is 2.22. The molecule has 0 aliphatic rings. The molecule has 2 rings (SSSR count). The van der Waals surface area contributed by atoms with Crippen LogP contribution in [0, 0.1) is 12.7 Å². The maximum atomic E-state index is 13.5. The molecule has 0 bridgehead atoms. The van der Waals surface area contributed by atoms with Gasteiger partial charge in [-0.05, 0) is 25.0 Å². The Morgan fingerprint density at radius 3 is 2.86 bits per heavy atom. The van der Waals surface area contributed by atoms with Crippen molar-refractivity contribution in [3.8, 4) is 6.01 Å². The summed E-state index contributed by atoms with van der Waals surface area (Å²) in [4.78, 5) is 11.6. The number of ether oxygens (including phenoxy) is 1. The number of nitrogens with zero attached hydrogens (tertiary/aromatic N) is 3. The molecule has 21 heavy (non-hydrogen) atoms. The van der Waals surface area contributed by atoms with Crippen LogP contribution in [-0.2, 0) is 0 Å². The van der Waals surface area contributed by atoms with Crippen molar-refractivity contribution in [2.75, 3.05) is 12.4 Å². The van der Waals surface area contributed by atoms with E-state index in [9.17, 15) is 4.39 Å². The summed E-state index contributed by atoms with van der Waals surface area (Å²) in [5.41, 5.74) is 2.15. The third-order valence-corrected chi connectivity index (χ3v) is 2.96. The second-order valence-corrected chi connectivity index (χ2v) is 4.50. The van der Waals surface area contributed by atoms with Crippen LogP contribution in [0.15, 0.2) is 35.5 Å². The van der Waals surface area contributed by atoms with Gasteiger partial charge in [-0.1, -0.05) is 24.3 Å². The molecule has 1 aromatic carbocycles. The van der Waals surface area contributed by atoms with Gasteiger partial charge in [0.05, 0.1) is 12.5 Å². The van der Waals surface area contributed by atoms with Gasteiger partial charge in [0.1, 0.15) is 6.10 Å². The molecule has 1 heterocycles. The van der Waals surface area contributed by atoms with Gasteiger partial charge in [-0.2, -0.15) is 4.98 Å². The number of halogens is 1. The third-order valence-electron chi connectivity index (χ3n) is 2.96. The predicted octanol–water partition coefficient (Wildman–Crippen LogP) is 3.13. The van der Waals surface area contributed by atoms with Gasteiger partial charge in [-0.3, -0.25) is 4.99 Å². The summed E-state index contributed by atoms with van der Waals surface area (Å²) in [6.45, 7) is 3.90. The van der Waals surface area contributed by atoms with E-state index in [2.05, 4.69) is 20.3 Å². The van der Waals surface area contributed by atoms with E-state index >= 15 is 0 Å². The lowest BCUT2D eigenvalue weighted by molar-refractivity contribution is 0.206. The first kappa shape index (κ1) is 14.9. The van der Waals surface area contributed by atoms with Gasteiger partial charge in [0.25, 0.3) is 0 Å². The van der Waals surface area contributed by atoms with Crippen LogP contribution in [0.5, 0.6) is 6.01 Å². The Morgan fingerprint density at radius 1 is 1.38 bits per heavy atom. The molecule has 0 amide bonds. The highest BCUT2D eigenvalue weighted by molar-refractivity contribution is 5.73. The molecule has 0 fully saturated rings. The fraction of sp³-hybridized carbons (Fsp3) is 0.267. The van der Waals surface area contributed by atoms with Crippen molar-refractivity contribution in [3.63, 3.8) is 0 Å². The van der Waals surface area contributed by atoms with E-state index in [1.807, 2.05) is 38.1 Å². The van der Waals surface area contributed by atoms with E-state index < -0.39 is 5.82 Å². The molecule has 1 unspecified atom stereocenters. The van der Waals surface area contributed by atoms with E-state index in [0.29, 0.717) is 0 Å². The monoisotopic (exact) mass is 288 g/mol. The number of anilines is 1. The maximum absolute atomic E-state index is 13.5. The van der Waals surface area contributed by atoms with E-state index in [1.165, 1.54) is 6.34 Å². The lowest BCUT2D eigenvalue weighted by Crippen LogP contribution is -2.09. The summed E-state index contributed by atoms with van der Waals surface area (Å²) in [5, 5.41) is 2.63. The number of hydrogen-bond donors (Lipinski definition) is 1. The van der Waals surface area contributed by atoms with Crippen LogP contribution >= 0.6 is 0 Å². The molecule has 0 spiro atoms. The van der Waals surface area contributed by atoms with Crippen LogP contribution < -0.4 is 10.1 Å². The molecular weight excluding hydrogens is 271 g/mol. The minimum Gasteiger partial charge on any atom is -0.456 e. The molecule has 0 saturated carbocycles. The fourth-order valence-electron chi connectivity index (χ4n) is 1.90. The van der Waals surface area contributed by atoms with Crippen LogP contribution in [0.2, 0.25) is 0 Å². The molecule has 0 aliphatic carbocycles. The number of aryl methyl sites for hydroxylation is 1. The second-order valence-electron chi connectivity index (χ2n) is 4.50. The van der Waals surface area contributed by atoms with Gasteiger partial charge < -0.3 is 10.1 Å². The number of nitrogens with one attached hydrogen (secondary N) is 1. The van der Waals surface area contributed by atoms with Crippen LogP contribution in [0.4, 0.5) is 10.2 Å². The minimum absolute atomic E-state index is 0.0302. The Bertz CT molecular complexity index is 645. The Morgan fingerprint density at radius 2 is 2.14 bits per heavy atom. The highest BCUT2D eigenvalue weighted by atomic mass is 19.1. The van der Waals surface area contributed by atoms with Crippen LogP contribution in [-0.4, -0.2) is 23.4 Å². The predicted molar refractivity (Wildman–Crippen MR) is 80.3 cm³/mol. The lowest BCUT2D eigenvalue weighted by Gasteiger charge is -2.16. The van der Waals surface area contributed by atoms with Crippen molar-refractivity contribution in [3.05, 3.63) is 47.4 Å². The van der Waals surface area contributed by atoms with Crippen LogP contribution in [0.1, 0.15) is 24.2 Å². The van der Waals surface area contributed by atoms with Crippen molar-refractivity contribution in [2.45, 2.75) is 20.0 Å². The zero-order valence-electron chi connectivity index (χ0n) is 12.2. The number of aromatic nitrogens is 2. The fourth-order valence-corrected chi connectivity index (χ4v) is 1.90. The van der Waals surface area contributed by atoms with Crippen molar-refractivity contribution in [2.24, 2.45) is 4.99 Å². The van der Waals surface area contributed by atoms with Gasteiger partial charge in [0.15, 0.2) is 11.6 Å². The second kappa shape index (κ2) is 6.78. The summed E-state index contributed by atoms with van der Waals surface area (Å²) in [5.74, 6) is -0.534. The molecule has 1 N–H and O–H groups in total. The average Bonchev–Trinajstić information content (AvgIpc) is 2.48. The molecule has 0 saturated heterocycles. The highest BCUT2D eigenvalue weighted by Gasteiger charge is 2.13. The molecule has 1 aromatic heterocycles. The van der Waals surface area contributed by atoms with Gasteiger partial charge in [0.2, 0.25) is 0 Å². The standard InChI is InChI=1S/C15H17FN4O/c1-10-6-4-5-7-12(10)11(2)21-15-18-8-13(16)14(20-15)19-9-17-3/h4-9,11H,1-3H3,(H,17,18,19,20). The molecule has 0 aliphatic heterocycles. The van der Waals surface area contributed by atoms with E-state index in [4.69, 9.17) is 4.74 Å². The first-order valence-electron chi connectivity index (χ1n) is 6.53. The zero-order valence-corrected chi connectivity index (χ0v) is 12.2. The SMILES string of the molecule is CN=CNc1nc(OC(C)c2ccccc2C)ncc1F. The molecule has 0 radical (unpaired) electrons. The molecule has 6 heteroatoms. The molecule has 2 aromatic rings. The van der Waals surface area contributed by atoms with Crippen LogP contribution in [0.3, 0.4) is 0 Å². The zero-order chi connectivity index (χ0) is 15.2. The first-order chi connectivity index (χ1) is 10.1. The Labute approximate surface area is 122 Å². The molecule has 5 nitrogen and oxygen atoms in total.